The number of amides is 1. The van der Waals surface area contributed by atoms with Crippen molar-refractivity contribution in [3.63, 3.8) is 0 Å². The van der Waals surface area contributed by atoms with E-state index >= 15 is 0 Å². The standard InChI is InChI=1S/C23H36ClN3O/c1-18-14-19(2)16-27(15-18)11-3-10-25-23(28)21-8-12-26(13-9-21)17-20-4-6-22(24)7-5-20/h4-7,18-19,21H,3,8-17H2,1-2H3,(H,25,28)/t18-,19+. The summed E-state index contributed by atoms with van der Waals surface area (Å²) < 4.78 is 0. The molecule has 2 aliphatic rings. The van der Waals surface area contributed by atoms with E-state index in [0.29, 0.717) is 0 Å². The number of hydrogen-bond donors (Lipinski definition) is 1. The Hall–Kier alpha value is -1.10. The first kappa shape index (κ1) is 21.6. The fourth-order valence-corrected chi connectivity index (χ4v) is 4.96. The van der Waals surface area contributed by atoms with Gasteiger partial charge in [0.2, 0.25) is 5.91 Å². The molecule has 0 unspecified atom stereocenters. The molecule has 28 heavy (non-hydrogen) atoms. The molecule has 2 aliphatic heterocycles. The summed E-state index contributed by atoms with van der Waals surface area (Å²) in [6.45, 7) is 12.0. The third-order valence-corrected chi connectivity index (χ3v) is 6.42. The van der Waals surface area contributed by atoms with Crippen molar-refractivity contribution in [3.8, 4) is 0 Å². The van der Waals surface area contributed by atoms with Crippen LogP contribution in [0.4, 0.5) is 0 Å². The van der Waals surface area contributed by atoms with Gasteiger partial charge in [-0.25, -0.2) is 0 Å². The first-order valence-corrected chi connectivity index (χ1v) is 11.3. The number of halogens is 1. The highest BCUT2D eigenvalue weighted by Gasteiger charge is 2.25. The van der Waals surface area contributed by atoms with Crippen molar-refractivity contribution in [1.29, 1.82) is 0 Å². The van der Waals surface area contributed by atoms with Crippen molar-refractivity contribution in [3.05, 3.63) is 34.9 Å². The molecule has 1 N–H and O–H groups in total. The molecule has 0 bridgehead atoms. The third kappa shape index (κ3) is 6.75. The lowest BCUT2D eigenvalue weighted by atomic mass is 9.92. The topological polar surface area (TPSA) is 35.6 Å². The van der Waals surface area contributed by atoms with E-state index in [1.54, 1.807) is 0 Å². The Morgan fingerprint density at radius 1 is 1.07 bits per heavy atom. The van der Waals surface area contributed by atoms with Crippen molar-refractivity contribution in [2.45, 2.75) is 46.1 Å². The number of nitrogens with one attached hydrogen (secondary N) is 1. The first-order chi connectivity index (χ1) is 13.5. The highest BCUT2D eigenvalue weighted by Crippen LogP contribution is 2.21. The van der Waals surface area contributed by atoms with Crippen LogP contribution in [-0.2, 0) is 11.3 Å². The van der Waals surface area contributed by atoms with Gasteiger partial charge in [0.25, 0.3) is 0 Å². The third-order valence-electron chi connectivity index (χ3n) is 6.17. The van der Waals surface area contributed by atoms with E-state index in [2.05, 4.69) is 41.1 Å². The van der Waals surface area contributed by atoms with Crippen LogP contribution in [0.5, 0.6) is 0 Å². The van der Waals surface area contributed by atoms with Gasteiger partial charge < -0.3 is 10.2 Å². The summed E-state index contributed by atoms with van der Waals surface area (Å²) in [5.41, 5.74) is 1.29. The number of carbonyl (C=O) groups excluding carboxylic acids is 1. The van der Waals surface area contributed by atoms with E-state index in [0.717, 1.165) is 68.8 Å². The van der Waals surface area contributed by atoms with Gasteiger partial charge in [0, 0.05) is 37.1 Å². The van der Waals surface area contributed by atoms with Crippen molar-refractivity contribution >= 4 is 17.5 Å². The zero-order valence-corrected chi connectivity index (χ0v) is 18.3. The van der Waals surface area contributed by atoms with Crippen molar-refractivity contribution < 1.29 is 4.79 Å². The van der Waals surface area contributed by atoms with E-state index in [4.69, 9.17) is 11.6 Å². The van der Waals surface area contributed by atoms with Crippen LogP contribution < -0.4 is 5.32 Å². The lowest BCUT2D eigenvalue weighted by Gasteiger charge is -2.35. The van der Waals surface area contributed by atoms with Gasteiger partial charge in [-0.3, -0.25) is 9.69 Å². The molecular weight excluding hydrogens is 370 g/mol. The van der Waals surface area contributed by atoms with Crippen LogP contribution in [0.25, 0.3) is 0 Å². The van der Waals surface area contributed by atoms with Gasteiger partial charge in [0.15, 0.2) is 0 Å². The highest BCUT2D eigenvalue weighted by molar-refractivity contribution is 6.30. The molecule has 2 saturated heterocycles. The fourth-order valence-electron chi connectivity index (χ4n) is 4.83. The quantitative estimate of drug-likeness (QED) is 0.695. The lowest BCUT2D eigenvalue weighted by Crippen LogP contribution is -2.42. The molecule has 2 atom stereocenters. The van der Waals surface area contributed by atoms with Crippen LogP contribution in [0.2, 0.25) is 5.02 Å². The Morgan fingerprint density at radius 2 is 1.71 bits per heavy atom. The molecule has 0 saturated carbocycles. The predicted molar refractivity (Wildman–Crippen MR) is 116 cm³/mol. The minimum atomic E-state index is 0.177. The molecule has 156 valence electrons. The summed E-state index contributed by atoms with van der Waals surface area (Å²) in [6, 6.07) is 8.07. The normalized spacial score (nSPS) is 25.0. The minimum Gasteiger partial charge on any atom is -0.356 e. The average Bonchev–Trinajstić information content (AvgIpc) is 2.67. The Labute approximate surface area is 175 Å². The van der Waals surface area contributed by atoms with Crippen molar-refractivity contribution in [2.24, 2.45) is 17.8 Å². The van der Waals surface area contributed by atoms with E-state index in [9.17, 15) is 4.79 Å². The molecule has 1 aromatic rings. The van der Waals surface area contributed by atoms with Crippen LogP contribution in [0.1, 0.15) is 45.1 Å². The molecule has 0 spiro atoms. The summed E-state index contributed by atoms with van der Waals surface area (Å²) in [5.74, 6) is 2.04. The van der Waals surface area contributed by atoms with E-state index in [1.165, 1.54) is 25.1 Å². The summed E-state index contributed by atoms with van der Waals surface area (Å²) >= 11 is 5.96. The van der Waals surface area contributed by atoms with Crippen molar-refractivity contribution in [1.82, 2.24) is 15.1 Å². The average molecular weight is 406 g/mol. The largest absolute Gasteiger partial charge is 0.356 e. The molecule has 0 radical (unpaired) electrons. The van der Waals surface area contributed by atoms with Gasteiger partial charge in [-0.2, -0.15) is 0 Å². The molecule has 0 aliphatic carbocycles. The molecular formula is C23H36ClN3O. The monoisotopic (exact) mass is 405 g/mol. The predicted octanol–water partition coefficient (Wildman–Crippen LogP) is 4.04. The van der Waals surface area contributed by atoms with Gasteiger partial charge in [-0.15, -0.1) is 0 Å². The first-order valence-electron chi connectivity index (χ1n) is 11.0. The number of nitrogens with zero attached hydrogens (tertiary/aromatic N) is 2. The zero-order valence-electron chi connectivity index (χ0n) is 17.5. The summed E-state index contributed by atoms with van der Waals surface area (Å²) in [5, 5.41) is 3.97. The molecule has 2 heterocycles. The molecule has 5 heteroatoms. The molecule has 1 aromatic carbocycles. The fraction of sp³-hybridized carbons (Fsp3) is 0.696. The maximum Gasteiger partial charge on any atom is 0.223 e. The number of rotatable bonds is 7. The highest BCUT2D eigenvalue weighted by atomic mass is 35.5. The minimum absolute atomic E-state index is 0.177. The number of piperidine rings is 2. The lowest BCUT2D eigenvalue weighted by molar-refractivity contribution is -0.126. The van der Waals surface area contributed by atoms with E-state index < -0.39 is 0 Å². The summed E-state index contributed by atoms with van der Waals surface area (Å²) in [7, 11) is 0. The Kier molecular flexibility index (Phi) is 8.19. The van der Waals surface area contributed by atoms with Crippen LogP contribution in [-0.4, -0.2) is 55.0 Å². The van der Waals surface area contributed by atoms with Gasteiger partial charge in [0.05, 0.1) is 0 Å². The maximum absolute atomic E-state index is 12.5. The number of hydrogen-bond acceptors (Lipinski definition) is 3. The Morgan fingerprint density at radius 3 is 2.36 bits per heavy atom. The molecule has 2 fully saturated rings. The Balaban J connectivity index is 1.30. The summed E-state index contributed by atoms with van der Waals surface area (Å²) in [6.07, 6.45) is 4.33. The van der Waals surface area contributed by atoms with Gasteiger partial charge >= 0.3 is 0 Å². The number of likely N-dealkylation sites (tertiary alicyclic amines) is 2. The van der Waals surface area contributed by atoms with Gasteiger partial charge in [0.1, 0.15) is 0 Å². The SMILES string of the molecule is C[C@@H]1C[C@H](C)CN(CCCNC(=O)C2CCN(Cc3ccc(Cl)cc3)CC2)C1. The Bertz CT molecular complexity index is 603. The molecule has 3 rings (SSSR count). The van der Waals surface area contributed by atoms with Gasteiger partial charge in [-0.05, 0) is 74.8 Å². The molecule has 0 aromatic heterocycles. The van der Waals surface area contributed by atoms with E-state index in [1.807, 2.05) is 12.1 Å². The smallest absolute Gasteiger partial charge is 0.223 e. The molecule has 4 nitrogen and oxygen atoms in total. The van der Waals surface area contributed by atoms with Crippen LogP contribution >= 0.6 is 11.6 Å². The van der Waals surface area contributed by atoms with Crippen LogP contribution in [0, 0.1) is 17.8 Å². The second-order valence-corrected chi connectivity index (χ2v) is 9.46. The number of carbonyl (C=O) groups is 1. The van der Waals surface area contributed by atoms with Crippen LogP contribution in [0.3, 0.4) is 0 Å². The van der Waals surface area contributed by atoms with Gasteiger partial charge in [-0.1, -0.05) is 37.6 Å². The number of benzene rings is 1. The second-order valence-electron chi connectivity index (χ2n) is 9.03. The van der Waals surface area contributed by atoms with Crippen molar-refractivity contribution in [2.75, 3.05) is 39.3 Å². The second kappa shape index (κ2) is 10.6. The van der Waals surface area contributed by atoms with E-state index in [-0.39, 0.29) is 11.8 Å². The molecule has 1 amide bonds. The summed E-state index contributed by atoms with van der Waals surface area (Å²) in [4.78, 5) is 17.5. The maximum atomic E-state index is 12.5. The zero-order chi connectivity index (χ0) is 19.9. The van der Waals surface area contributed by atoms with Crippen LogP contribution in [0.15, 0.2) is 24.3 Å².